The number of thiophene rings is 1. The van der Waals surface area contributed by atoms with Gasteiger partial charge in [0.15, 0.2) is 5.82 Å². The van der Waals surface area contributed by atoms with Crippen molar-refractivity contribution in [3.05, 3.63) is 16.3 Å². The Morgan fingerprint density at radius 1 is 1.35 bits per heavy atom. The van der Waals surface area contributed by atoms with E-state index in [1.165, 1.54) is 17.7 Å². The minimum absolute atomic E-state index is 0. The van der Waals surface area contributed by atoms with Crippen molar-refractivity contribution in [3.63, 3.8) is 0 Å². The van der Waals surface area contributed by atoms with Crippen molar-refractivity contribution in [1.29, 1.82) is 0 Å². The van der Waals surface area contributed by atoms with Crippen LogP contribution >= 0.6 is 11.3 Å². The zero-order valence-corrected chi connectivity index (χ0v) is 10.5. The fourth-order valence-electron chi connectivity index (χ4n) is 1.76. The van der Waals surface area contributed by atoms with Gasteiger partial charge in [-0.05, 0) is 32.3 Å². The van der Waals surface area contributed by atoms with Gasteiger partial charge in [-0.15, -0.1) is 11.3 Å². The minimum Gasteiger partial charge on any atom is -0.390 e. The average Bonchev–Trinajstić information content (AvgIpc) is 2.93. The normalized spacial score (nSPS) is 14.7. The van der Waals surface area contributed by atoms with E-state index in [0.717, 1.165) is 22.0 Å². The molecule has 1 aliphatic carbocycles. The Bertz CT molecular complexity index is 542. The molecule has 2 aromatic rings. The first kappa shape index (κ1) is 12.1. The highest BCUT2D eigenvalue weighted by molar-refractivity contribution is 7.16. The predicted molar refractivity (Wildman–Crippen MR) is 65.6 cm³/mol. The van der Waals surface area contributed by atoms with E-state index < -0.39 is 0 Å². The van der Waals surface area contributed by atoms with Crippen molar-refractivity contribution in [1.82, 2.24) is 16.3 Å². The lowest BCUT2D eigenvalue weighted by Crippen LogP contribution is -1.87. The molecule has 6 heteroatoms. The first-order valence-corrected chi connectivity index (χ1v) is 6.18. The van der Waals surface area contributed by atoms with E-state index in [0.29, 0.717) is 11.8 Å². The minimum atomic E-state index is 0. The fraction of sp³-hybridized carbons (Fsp3) is 0.455. The van der Waals surface area contributed by atoms with E-state index in [9.17, 15) is 0 Å². The van der Waals surface area contributed by atoms with Crippen LogP contribution in [0.25, 0.3) is 11.5 Å². The maximum absolute atomic E-state index is 5.97. The van der Waals surface area contributed by atoms with Crippen molar-refractivity contribution in [2.45, 2.75) is 32.6 Å². The first-order chi connectivity index (χ1) is 7.66. The molecule has 0 bridgehead atoms. The van der Waals surface area contributed by atoms with Crippen molar-refractivity contribution >= 4 is 16.3 Å². The molecule has 0 aliphatic heterocycles. The van der Waals surface area contributed by atoms with Gasteiger partial charge in [0, 0.05) is 16.9 Å². The molecule has 89 valence electrons. The molecule has 0 saturated heterocycles. The molecule has 2 N–H and O–H groups in total. The molecule has 0 unspecified atom stereocenters. The number of nitrogens with zero attached hydrogens (tertiary/aromatic N) is 3. The Balaban J connectivity index is 0.00000108. The number of hydrogen-bond acceptors (Lipinski definition) is 5. The molecule has 3 radical (unpaired) electrons. The number of aromatic nitrogens is 2. The predicted octanol–water partition coefficient (Wildman–Crippen LogP) is 2.39. The third-order valence-corrected chi connectivity index (χ3v) is 4.05. The van der Waals surface area contributed by atoms with E-state index in [1.807, 2.05) is 6.92 Å². The van der Waals surface area contributed by atoms with E-state index in [-0.39, 0.29) is 6.15 Å². The molecule has 17 heavy (non-hydrogen) atoms. The summed E-state index contributed by atoms with van der Waals surface area (Å²) in [5.41, 5.74) is 8.03. The third kappa shape index (κ3) is 1.94. The number of nitrogen functional groups attached to an aromatic ring is 1. The summed E-state index contributed by atoms with van der Waals surface area (Å²) in [7, 11) is 0. The largest absolute Gasteiger partial charge is 0.390 e. The molecule has 1 saturated carbocycles. The lowest BCUT2D eigenvalue weighted by molar-refractivity contribution is 0.423. The van der Waals surface area contributed by atoms with Crippen LogP contribution < -0.4 is 11.9 Å². The summed E-state index contributed by atoms with van der Waals surface area (Å²) in [6, 6.07) is 0. The van der Waals surface area contributed by atoms with E-state index in [1.54, 1.807) is 11.3 Å². The Labute approximate surface area is 104 Å². The summed E-state index contributed by atoms with van der Waals surface area (Å²) in [6.45, 7) is 4.09. The average molecular weight is 249 g/mol. The Morgan fingerprint density at radius 2 is 2.06 bits per heavy atom. The highest BCUT2D eigenvalue weighted by Crippen LogP contribution is 2.41. The smallest absolute Gasteiger partial charge is 0.261 e. The Morgan fingerprint density at radius 3 is 2.59 bits per heavy atom. The molecule has 3 rings (SSSR count). The molecule has 0 atom stereocenters. The summed E-state index contributed by atoms with van der Waals surface area (Å²) < 4.78 is 5.29. The van der Waals surface area contributed by atoms with Crippen molar-refractivity contribution in [3.8, 4) is 11.5 Å². The molecule has 1 fully saturated rings. The summed E-state index contributed by atoms with van der Waals surface area (Å²) in [5.74, 6) is 1.91. The lowest BCUT2D eigenvalue weighted by Gasteiger charge is -1.94. The highest BCUT2D eigenvalue weighted by Gasteiger charge is 2.29. The monoisotopic (exact) mass is 249 g/mol. The summed E-state index contributed by atoms with van der Waals surface area (Å²) in [5, 5.41) is 4.77. The van der Waals surface area contributed by atoms with E-state index in [4.69, 9.17) is 10.3 Å². The van der Waals surface area contributed by atoms with Gasteiger partial charge in [0.2, 0.25) is 0 Å². The summed E-state index contributed by atoms with van der Waals surface area (Å²) in [4.78, 5) is 5.63. The SMILES string of the molecule is Cc1sc(N)c(-c2nc(C3CC3)no2)c1C.[N]. The molecular weight excluding hydrogens is 236 g/mol. The number of aryl methyl sites for hydroxylation is 1. The van der Waals surface area contributed by atoms with Gasteiger partial charge in [-0.1, -0.05) is 5.16 Å². The molecule has 1 aliphatic rings. The molecule has 0 aromatic carbocycles. The molecule has 0 spiro atoms. The first-order valence-electron chi connectivity index (χ1n) is 5.36. The van der Waals surface area contributed by atoms with Crippen LogP contribution in [0, 0.1) is 13.8 Å². The van der Waals surface area contributed by atoms with Crippen LogP contribution in [0.4, 0.5) is 5.00 Å². The molecule has 5 nitrogen and oxygen atoms in total. The van der Waals surface area contributed by atoms with Gasteiger partial charge in [0.05, 0.1) is 10.6 Å². The zero-order valence-electron chi connectivity index (χ0n) is 9.73. The Hall–Kier alpha value is -1.40. The summed E-state index contributed by atoms with van der Waals surface area (Å²) in [6.07, 6.45) is 2.35. The highest BCUT2D eigenvalue weighted by atomic mass is 32.1. The van der Waals surface area contributed by atoms with Crippen LogP contribution in [0.5, 0.6) is 0 Å². The van der Waals surface area contributed by atoms with Gasteiger partial charge in [0.25, 0.3) is 5.89 Å². The second-order valence-electron chi connectivity index (χ2n) is 4.25. The third-order valence-electron chi connectivity index (χ3n) is 3.01. The van der Waals surface area contributed by atoms with Crippen LogP contribution in [0.15, 0.2) is 4.52 Å². The van der Waals surface area contributed by atoms with Crippen LogP contribution in [0.1, 0.15) is 35.0 Å². The molecule has 2 aromatic heterocycles. The number of anilines is 1. The molecular formula is C11H13N4OS. The van der Waals surface area contributed by atoms with Crippen LogP contribution in [0.3, 0.4) is 0 Å². The zero-order chi connectivity index (χ0) is 11.3. The number of nitrogens with two attached hydrogens (primary N) is 1. The van der Waals surface area contributed by atoms with Crippen LogP contribution in [-0.2, 0) is 0 Å². The van der Waals surface area contributed by atoms with Crippen molar-refractivity contribution < 1.29 is 4.52 Å². The maximum atomic E-state index is 5.97. The number of hydrogen-bond donors (Lipinski definition) is 1. The topological polar surface area (TPSA) is 95.4 Å². The van der Waals surface area contributed by atoms with Gasteiger partial charge in [0.1, 0.15) is 0 Å². The van der Waals surface area contributed by atoms with Gasteiger partial charge in [-0.25, -0.2) is 0 Å². The van der Waals surface area contributed by atoms with Crippen LogP contribution in [0.2, 0.25) is 0 Å². The van der Waals surface area contributed by atoms with Gasteiger partial charge in [-0.3, -0.25) is 0 Å². The maximum Gasteiger partial charge on any atom is 0.261 e. The van der Waals surface area contributed by atoms with Gasteiger partial charge in [-0.2, -0.15) is 4.98 Å². The standard InChI is InChI=1S/C11H13N3OS.N/c1-5-6(2)16-9(12)8(5)11-13-10(14-15-11)7-3-4-7;/h7H,3-4,12H2,1-2H3;. The van der Waals surface area contributed by atoms with Crippen LogP contribution in [-0.4, -0.2) is 10.1 Å². The van der Waals surface area contributed by atoms with E-state index in [2.05, 4.69) is 17.1 Å². The van der Waals surface area contributed by atoms with Crippen molar-refractivity contribution in [2.24, 2.45) is 0 Å². The fourth-order valence-corrected chi connectivity index (χ4v) is 2.69. The second-order valence-corrected chi connectivity index (χ2v) is 5.51. The van der Waals surface area contributed by atoms with Gasteiger partial charge >= 0.3 is 0 Å². The second kappa shape index (κ2) is 4.12. The van der Waals surface area contributed by atoms with E-state index >= 15 is 0 Å². The summed E-state index contributed by atoms with van der Waals surface area (Å²) >= 11 is 1.57. The van der Waals surface area contributed by atoms with Crippen molar-refractivity contribution in [2.75, 3.05) is 5.73 Å². The number of rotatable bonds is 2. The van der Waals surface area contributed by atoms with Gasteiger partial charge < -0.3 is 10.3 Å². The lowest BCUT2D eigenvalue weighted by atomic mass is 10.1. The molecule has 0 amide bonds. The molecule has 2 heterocycles. The quantitative estimate of drug-likeness (QED) is 0.883. The Kier molecular flexibility index (Phi) is 2.92.